The van der Waals surface area contributed by atoms with Crippen LogP contribution in [0.5, 0.6) is 11.5 Å². The molecule has 0 heterocycles. The van der Waals surface area contributed by atoms with Gasteiger partial charge >= 0.3 is 146 Å². The molecule has 0 saturated carbocycles. The predicted molar refractivity (Wildman–Crippen MR) is 86.2 cm³/mol. The Morgan fingerprint density at radius 2 is 1.09 bits per heavy atom. The first kappa shape index (κ1) is 17.3. The van der Waals surface area contributed by atoms with Crippen LogP contribution in [0.4, 0.5) is 0 Å². The standard InChI is InChI=1S/C16H14O4Te2/c1-19-13-9-5-3-7-11(13)15(17)21-22-16(18)12-8-4-6-10-14(12)20-2/h3-10H,1-2H3. The molecule has 0 radical (unpaired) electrons. The first-order valence-electron chi connectivity index (χ1n) is 6.36. The van der Waals surface area contributed by atoms with E-state index in [2.05, 4.69) is 0 Å². The second-order valence-electron chi connectivity index (χ2n) is 4.14. The maximum atomic E-state index is 12.3. The first-order valence-corrected chi connectivity index (χ1v) is 16.0. The summed E-state index contributed by atoms with van der Waals surface area (Å²) in [5.74, 6) is 1.16. The SMILES string of the molecule is COc1ccccc1C(=O)[Te][Te]C(=O)c1ccccc1OC. The van der Waals surface area contributed by atoms with E-state index in [0.29, 0.717) is 22.6 Å². The third-order valence-corrected chi connectivity index (χ3v) is 12.6. The van der Waals surface area contributed by atoms with Crippen molar-refractivity contribution in [2.45, 2.75) is 0 Å². The van der Waals surface area contributed by atoms with Gasteiger partial charge < -0.3 is 0 Å². The summed E-state index contributed by atoms with van der Waals surface area (Å²) >= 11 is -2.03. The van der Waals surface area contributed by atoms with E-state index in [4.69, 9.17) is 9.47 Å². The fraction of sp³-hybridized carbons (Fsp3) is 0.125. The molecular formula is C16H14O4Te2. The fourth-order valence-corrected chi connectivity index (χ4v) is 10.0. The summed E-state index contributed by atoms with van der Waals surface area (Å²) in [7, 11) is 3.09. The zero-order chi connectivity index (χ0) is 15.9. The van der Waals surface area contributed by atoms with Crippen molar-refractivity contribution in [3.63, 3.8) is 0 Å². The van der Waals surface area contributed by atoms with Gasteiger partial charge in [-0.05, 0) is 0 Å². The van der Waals surface area contributed by atoms with Gasteiger partial charge in [-0.15, -0.1) is 0 Å². The van der Waals surface area contributed by atoms with Crippen LogP contribution in [0.15, 0.2) is 48.5 Å². The van der Waals surface area contributed by atoms with E-state index in [-0.39, 0.29) is 7.66 Å². The third kappa shape index (κ3) is 4.24. The maximum absolute atomic E-state index is 12.3. The molecule has 6 heteroatoms. The van der Waals surface area contributed by atoms with Crippen molar-refractivity contribution in [2.75, 3.05) is 14.2 Å². The van der Waals surface area contributed by atoms with E-state index in [1.807, 2.05) is 24.3 Å². The van der Waals surface area contributed by atoms with E-state index in [1.54, 1.807) is 38.5 Å². The average molecular weight is 525 g/mol. The van der Waals surface area contributed by atoms with Crippen molar-refractivity contribution in [1.29, 1.82) is 0 Å². The van der Waals surface area contributed by atoms with Gasteiger partial charge in [-0.2, -0.15) is 0 Å². The Labute approximate surface area is 145 Å². The van der Waals surface area contributed by atoms with Gasteiger partial charge in [-0.25, -0.2) is 0 Å². The Morgan fingerprint density at radius 3 is 1.45 bits per heavy atom. The molecule has 0 aromatic heterocycles. The van der Waals surface area contributed by atoms with Crippen LogP contribution in [0.2, 0.25) is 0 Å². The van der Waals surface area contributed by atoms with Crippen LogP contribution in [0.1, 0.15) is 20.7 Å². The molecule has 0 saturated heterocycles. The van der Waals surface area contributed by atoms with E-state index in [9.17, 15) is 9.59 Å². The summed E-state index contributed by atoms with van der Waals surface area (Å²) in [4.78, 5) is 24.7. The fourth-order valence-electron chi connectivity index (χ4n) is 1.79. The summed E-state index contributed by atoms with van der Waals surface area (Å²) in [5.41, 5.74) is 1.18. The van der Waals surface area contributed by atoms with Gasteiger partial charge in [0.05, 0.1) is 0 Å². The molecule has 22 heavy (non-hydrogen) atoms. The molecule has 0 unspecified atom stereocenters. The number of rotatable bonds is 7. The number of para-hydroxylation sites is 2. The van der Waals surface area contributed by atoms with Gasteiger partial charge in [-0.3, -0.25) is 0 Å². The van der Waals surface area contributed by atoms with E-state index >= 15 is 0 Å². The molecule has 0 spiro atoms. The van der Waals surface area contributed by atoms with Crippen molar-refractivity contribution in [2.24, 2.45) is 0 Å². The van der Waals surface area contributed by atoms with E-state index in [1.165, 1.54) is 0 Å². The third-order valence-electron chi connectivity index (χ3n) is 2.85. The normalized spacial score (nSPS) is 10.1. The molecule has 2 aromatic rings. The number of ether oxygens (including phenoxy) is 2. The number of carbonyl (C=O) groups excluding carboxylic acids is 2. The van der Waals surface area contributed by atoms with Crippen molar-refractivity contribution in [1.82, 2.24) is 0 Å². The Kier molecular flexibility index (Phi) is 6.73. The molecule has 2 rings (SSSR count). The molecule has 114 valence electrons. The average Bonchev–Trinajstić information content (AvgIpc) is 2.59. The molecule has 2 aromatic carbocycles. The van der Waals surface area contributed by atoms with Crippen LogP contribution in [0, 0.1) is 0 Å². The molecule has 0 aliphatic rings. The van der Waals surface area contributed by atoms with Crippen LogP contribution >= 0.6 is 0 Å². The first-order chi connectivity index (χ1) is 10.7. The Hall–Kier alpha value is -1.04. The quantitative estimate of drug-likeness (QED) is 0.520. The molecule has 0 fully saturated rings. The van der Waals surface area contributed by atoms with Gasteiger partial charge in [0.25, 0.3) is 0 Å². The van der Waals surface area contributed by atoms with Gasteiger partial charge in [0, 0.05) is 0 Å². The van der Waals surface area contributed by atoms with Crippen molar-refractivity contribution in [3.05, 3.63) is 59.7 Å². The minimum atomic E-state index is -1.01. The molecule has 4 nitrogen and oxygen atoms in total. The van der Waals surface area contributed by atoms with Crippen molar-refractivity contribution in [3.8, 4) is 11.5 Å². The topological polar surface area (TPSA) is 52.6 Å². The predicted octanol–water partition coefficient (Wildman–Crippen LogP) is 2.01. The van der Waals surface area contributed by atoms with Crippen LogP contribution in [0.3, 0.4) is 0 Å². The van der Waals surface area contributed by atoms with Crippen LogP contribution < -0.4 is 9.47 Å². The number of hydrogen-bond acceptors (Lipinski definition) is 4. The number of benzene rings is 2. The van der Waals surface area contributed by atoms with E-state index in [0.717, 1.165) is 0 Å². The summed E-state index contributed by atoms with van der Waals surface area (Å²) in [6, 6.07) is 14.3. The molecule has 0 bridgehead atoms. The molecular weight excluding hydrogens is 511 g/mol. The van der Waals surface area contributed by atoms with Gasteiger partial charge in [-0.1, -0.05) is 0 Å². The Morgan fingerprint density at radius 1 is 0.727 bits per heavy atom. The molecule has 0 amide bonds. The van der Waals surface area contributed by atoms with Crippen molar-refractivity contribution < 1.29 is 19.1 Å². The van der Waals surface area contributed by atoms with Gasteiger partial charge in [0.15, 0.2) is 0 Å². The second kappa shape index (κ2) is 8.55. The van der Waals surface area contributed by atoms with Crippen molar-refractivity contribution >= 4 is 41.8 Å². The summed E-state index contributed by atoms with van der Waals surface area (Å²) in [6.45, 7) is 0. The molecule has 0 aliphatic carbocycles. The number of methoxy groups -OCH3 is 2. The van der Waals surface area contributed by atoms with E-state index < -0.39 is 34.1 Å². The Bertz CT molecular complexity index is 626. The minimum absolute atomic E-state index is 0.0773. The number of hydrogen-bond donors (Lipinski definition) is 0. The van der Waals surface area contributed by atoms with Crippen LogP contribution in [0.25, 0.3) is 0 Å². The second-order valence-corrected chi connectivity index (χ2v) is 13.6. The summed E-state index contributed by atoms with van der Waals surface area (Å²) in [6.07, 6.45) is 0. The van der Waals surface area contributed by atoms with Crippen LogP contribution in [-0.2, 0) is 0 Å². The summed E-state index contributed by atoms with van der Waals surface area (Å²) < 4.78 is 10.6. The molecule has 0 aliphatic heterocycles. The zero-order valence-electron chi connectivity index (χ0n) is 12.1. The summed E-state index contributed by atoms with van der Waals surface area (Å²) in [5, 5.41) is 0. The molecule has 0 N–H and O–H groups in total. The van der Waals surface area contributed by atoms with Gasteiger partial charge in [0.1, 0.15) is 0 Å². The zero-order valence-corrected chi connectivity index (χ0v) is 16.7. The van der Waals surface area contributed by atoms with Gasteiger partial charge in [0.2, 0.25) is 0 Å². The number of carbonyl (C=O) groups is 2. The Balaban J connectivity index is 2.06. The van der Waals surface area contributed by atoms with Crippen LogP contribution in [-0.4, -0.2) is 56.0 Å². The monoisotopic (exact) mass is 530 g/mol. The molecule has 0 atom stereocenters.